The molecule has 5 rings (SSSR count). The minimum atomic E-state index is -0.319. The Morgan fingerprint density at radius 1 is 1.23 bits per heavy atom. The van der Waals surface area contributed by atoms with Crippen LogP contribution >= 0.6 is 0 Å². The highest BCUT2D eigenvalue weighted by atomic mass is 16.3. The zero-order valence-electron chi connectivity index (χ0n) is 12.6. The van der Waals surface area contributed by atoms with Crippen molar-refractivity contribution in [2.75, 3.05) is 26.2 Å². The van der Waals surface area contributed by atoms with Crippen LogP contribution in [-0.4, -0.2) is 68.0 Å². The number of β-amino-alcohol motifs (C(OH)–C–C–N with tert-alkyl or cyclic N) is 1. The van der Waals surface area contributed by atoms with Gasteiger partial charge in [0.25, 0.3) is 0 Å². The molecule has 1 aromatic heterocycles. The maximum Gasteiger partial charge on any atom is 0.320 e. The second-order valence-corrected chi connectivity index (χ2v) is 7.62. The van der Waals surface area contributed by atoms with Crippen LogP contribution < -0.4 is 0 Å². The molecule has 7 heteroatoms. The van der Waals surface area contributed by atoms with Gasteiger partial charge in [0, 0.05) is 24.4 Å². The Hall–Kier alpha value is -1.63. The van der Waals surface area contributed by atoms with Gasteiger partial charge in [-0.05, 0) is 25.7 Å². The van der Waals surface area contributed by atoms with E-state index in [2.05, 4.69) is 10.1 Å². The summed E-state index contributed by atoms with van der Waals surface area (Å²) in [6.45, 7) is 2.71. The van der Waals surface area contributed by atoms with Crippen LogP contribution in [0.15, 0.2) is 6.33 Å². The highest BCUT2D eigenvalue weighted by molar-refractivity contribution is 5.76. The van der Waals surface area contributed by atoms with Crippen LogP contribution in [0, 0.1) is 5.41 Å². The van der Waals surface area contributed by atoms with Crippen molar-refractivity contribution >= 4 is 6.03 Å². The smallest absolute Gasteiger partial charge is 0.320 e. The Morgan fingerprint density at radius 3 is 2.59 bits per heavy atom. The summed E-state index contributed by atoms with van der Waals surface area (Å²) in [6, 6.07) is 0.555. The van der Waals surface area contributed by atoms with Crippen LogP contribution in [0.3, 0.4) is 0 Å². The van der Waals surface area contributed by atoms with Crippen molar-refractivity contribution in [1.82, 2.24) is 24.6 Å². The van der Waals surface area contributed by atoms with Gasteiger partial charge in [-0.3, -0.25) is 0 Å². The zero-order valence-corrected chi connectivity index (χ0v) is 12.6. The molecule has 0 atom stereocenters. The van der Waals surface area contributed by atoms with Gasteiger partial charge >= 0.3 is 6.03 Å². The first-order chi connectivity index (χ1) is 10.6. The molecule has 3 heterocycles. The van der Waals surface area contributed by atoms with Gasteiger partial charge in [0.1, 0.15) is 6.33 Å². The Morgan fingerprint density at radius 2 is 1.95 bits per heavy atom. The Bertz CT molecular complexity index is 605. The van der Waals surface area contributed by atoms with Crippen LogP contribution in [0.25, 0.3) is 0 Å². The first-order valence-electron chi connectivity index (χ1n) is 8.25. The van der Waals surface area contributed by atoms with Crippen molar-refractivity contribution in [3.05, 3.63) is 12.2 Å². The summed E-state index contributed by atoms with van der Waals surface area (Å²) >= 11 is 0. The molecular weight excluding hydrogens is 282 g/mol. The third-order valence-corrected chi connectivity index (χ3v) is 5.64. The number of aliphatic hydroxyl groups is 1. The molecule has 2 aliphatic carbocycles. The topological polar surface area (TPSA) is 74.5 Å². The third-order valence-electron chi connectivity index (χ3n) is 5.64. The number of aromatic nitrogens is 3. The monoisotopic (exact) mass is 303 g/mol. The van der Waals surface area contributed by atoms with Crippen molar-refractivity contribution in [1.29, 1.82) is 0 Å². The summed E-state index contributed by atoms with van der Waals surface area (Å²) in [7, 11) is 0. The minimum absolute atomic E-state index is 0.0937. The fraction of sp³-hybridized carbons (Fsp3) is 0.800. The fourth-order valence-electron chi connectivity index (χ4n) is 4.09. The molecule has 2 amide bonds. The molecule has 0 aromatic carbocycles. The summed E-state index contributed by atoms with van der Waals surface area (Å²) in [6.07, 6.45) is 6.25. The number of likely N-dealkylation sites (tertiary alicyclic amines) is 2. The standard InChI is InChI=1S/C15H21N5O2/c21-12-5-18(6-12)14(22)19-7-15(8-19)3-11(4-15)20-9-16-13(17-20)10-1-2-10/h9-12,21H,1-8H2. The van der Waals surface area contributed by atoms with E-state index in [0.717, 1.165) is 31.8 Å². The third kappa shape index (κ3) is 1.87. The fourth-order valence-corrected chi connectivity index (χ4v) is 4.09. The number of hydrogen-bond donors (Lipinski definition) is 1. The first-order valence-corrected chi connectivity index (χ1v) is 8.25. The predicted molar refractivity (Wildman–Crippen MR) is 77.2 cm³/mol. The number of urea groups is 1. The van der Waals surface area contributed by atoms with E-state index < -0.39 is 0 Å². The second-order valence-electron chi connectivity index (χ2n) is 7.62. The van der Waals surface area contributed by atoms with Crippen molar-refractivity contribution in [2.24, 2.45) is 5.41 Å². The number of carbonyl (C=O) groups is 1. The quantitative estimate of drug-likeness (QED) is 0.867. The van der Waals surface area contributed by atoms with Crippen LogP contribution in [0.4, 0.5) is 4.79 Å². The van der Waals surface area contributed by atoms with Crippen LogP contribution in [0.2, 0.25) is 0 Å². The number of carbonyl (C=O) groups excluding carboxylic acids is 1. The second kappa shape index (κ2) is 4.22. The van der Waals surface area contributed by atoms with Crippen molar-refractivity contribution in [3.8, 4) is 0 Å². The van der Waals surface area contributed by atoms with Gasteiger partial charge < -0.3 is 14.9 Å². The molecule has 1 spiro atoms. The van der Waals surface area contributed by atoms with E-state index in [1.807, 2.05) is 15.9 Å². The molecule has 22 heavy (non-hydrogen) atoms. The Labute approximate surface area is 128 Å². The largest absolute Gasteiger partial charge is 0.389 e. The van der Waals surface area contributed by atoms with Crippen LogP contribution in [0.1, 0.15) is 43.5 Å². The van der Waals surface area contributed by atoms with E-state index in [9.17, 15) is 9.90 Å². The maximum absolute atomic E-state index is 12.1. The number of aliphatic hydroxyl groups excluding tert-OH is 1. The van der Waals surface area contributed by atoms with Gasteiger partial charge in [-0.1, -0.05) is 0 Å². The highest BCUT2D eigenvalue weighted by Crippen LogP contribution is 2.54. The first kappa shape index (κ1) is 12.9. The lowest BCUT2D eigenvalue weighted by molar-refractivity contribution is -0.0831. The Balaban J connectivity index is 1.14. The zero-order chi connectivity index (χ0) is 14.9. The summed E-state index contributed by atoms with van der Waals surface area (Å²) in [5.74, 6) is 1.63. The molecule has 0 unspecified atom stereocenters. The summed E-state index contributed by atoms with van der Waals surface area (Å²) in [4.78, 5) is 20.2. The maximum atomic E-state index is 12.1. The molecule has 0 radical (unpaired) electrons. The van der Waals surface area contributed by atoms with E-state index in [4.69, 9.17) is 0 Å². The van der Waals surface area contributed by atoms with Gasteiger partial charge in [0.05, 0.1) is 25.2 Å². The molecule has 2 saturated heterocycles. The van der Waals surface area contributed by atoms with E-state index in [1.165, 1.54) is 12.8 Å². The van der Waals surface area contributed by atoms with Crippen LogP contribution in [-0.2, 0) is 0 Å². The van der Waals surface area contributed by atoms with Gasteiger partial charge in [0.2, 0.25) is 0 Å². The van der Waals surface area contributed by atoms with Crippen molar-refractivity contribution in [3.63, 3.8) is 0 Å². The molecule has 2 saturated carbocycles. The highest BCUT2D eigenvalue weighted by Gasteiger charge is 2.55. The molecule has 118 valence electrons. The molecule has 4 aliphatic rings. The van der Waals surface area contributed by atoms with Gasteiger partial charge in [-0.2, -0.15) is 5.10 Å². The van der Waals surface area contributed by atoms with E-state index in [1.54, 1.807) is 4.90 Å². The Kier molecular flexibility index (Phi) is 2.47. The minimum Gasteiger partial charge on any atom is -0.389 e. The molecule has 4 fully saturated rings. The average molecular weight is 303 g/mol. The molecule has 7 nitrogen and oxygen atoms in total. The SMILES string of the molecule is O=C(N1CC(O)C1)N1CC2(CC(n3cnc(C4CC4)n3)C2)C1. The van der Waals surface area contributed by atoms with E-state index in [-0.39, 0.29) is 12.1 Å². The van der Waals surface area contributed by atoms with Crippen molar-refractivity contribution < 1.29 is 9.90 Å². The summed E-state index contributed by atoms with van der Waals surface area (Å²) < 4.78 is 2.04. The predicted octanol–water partition coefficient (Wildman–Crippen LogP) is 0.589. The van der Waals surface area contributed by atoms with Gasteiger partial charge in [0.15, 0.2) is 5.82 Å². The number of nitrogens with zero attached hydrogens (tertiary/aromatic N) is 5. The molecular formula is C15H21N5O2. The molecule has 0 bridgehead atoms. The lowest BCUT2D eigenvalue weighted by Crippen LogP contribution is -2.68. The number of amides is 2. The van der Waals surface area contributed by atoms with Crippen molar-refractivity contribution in [2.45, 2.75) is 43.7 Å². The molecule has 1 aromatic rings. The normalized spacial score (nSPS) is 27.5. The average Bonchev–Trinajstić information content (AvgIpc) is 3.11. The van der Waals surface area contributed by atoms with Gasteiger partial charge in [-0.25, -0.2) is 14.5 Å². The molecule has 2 aliphatic heterocycles. The molecule has 1 N–H and O–H groups in total. The van der Waals surface area contributed by atoms with Crippen LogP contribution in [0.5, 0.6) is 0 Å². The number of rotatable bonds is 2. The summed E-state index contributed by atoms with van der Waals surface area (Å²) in [5, 5.41) is 13.9. The van der Waals surface area contributed by atoms with Gasteiger partial charge in [-0.15, -0.1) is 0 Å². The lowest BCUT2D eigenvalue weighted by atomic mass is 9.61. The number of hydrogen-bond acceptors (Lipinski definition) is 4. The summed E-state index contributed by atoms with van der Waals surface area (Å²) in [5.41, 5.74) is 0.315. The van der Waals surface area contributed by atoms with E-state index >= 15 is 0 Å². The lowest BCUT2D eigenvalue weighted by Gasteiger charge is -2.59. The van der Waals surface area contributed by atoms with E-state index in [0.29, 0.717) is 30.5 Å².